The van der Waals surface area contributed by atoms with Crippen LogP contribution < -0.4 is 5.56 Å². The molecular formula is C22H28N4O2. The molecular weight excluding hydrogens is 352 g/mol. The maximum Gasteiger partial charge on any atom is 0.251 e. The van der Waals surface area contributed by atoms with Gasteiger partial charge in [0, 0.05) is 49.5 Å². The lowest BCUT2D eigenvalue weighted by Gasteiger charge is -2.32. The van der Waals surface area contributed by atoms with Crippen molar-refractivity contribution in [2.24, 2.45) is 5.92 Å². The molecule has 2 aromatic heterocycles. The highest BCUT2D eigenvalue weighted by molar-refractivity contribution is 5.76. The summed E-state index contributed by atoms with van der Waals surface area (Å²) in [6.07, 6.45) is 12.1. The van der Waals surface area contributed by atoms with Crippen molar-refractivity contribution >= 4 is 5.91 Å². The standard InChI is InChI=1S/C22H28N4O2/c27-20-14-19(17-9-11-23-12-10-17)24-22(25-20)18-6-3-13-26(15-18)21(28)8-7-16-4-1-2-5-16/h9-12,14,16,18H,1-8,13,15H2,(H,24,25,27). The van der Waals surface area contributed by atoms with Crippen LogP contribution in [-0.2, 0) is 4.79 Å². The fraction of sp³-hybridized carbons (Fsp3) is 0.545. The topological polar surface area (TPSA) is 79.0 Å². The molecule has 148 valence electrons. The third kappa shape index (κ3) is 4.49. The smallest absolute Gasteiger partial charge is 0.251 e. The molecule has 1 saturated carbocycles. The van der Waals surface area contributed by atoms with Crippen molar-refractivity contribution in [3.63, 3.8) is 0 Å². The lowest BCUT2D eigenvalue weighted by molar-refractivity contribution is -0.132. The first-order chi connectivity index (χ1) is 13.7. The number of nitrogens with one attached hydrogen (secondary N) is 1. The van der Waals surface area contributed by atoms with Crippen LogP contribution in [-0.4, -0.2) is 38.8 Å². The van der Waals surface area contributed by atoms with E-state index in [-0.39, 0.29) is 17.4 Å². The van der Waals surface area contributed by atoms with E-state index in [1.54, 1.807) is 12.4 Å². The third-order valence-electron chi connectivity index (χ3n) is 6.14. The Hall–Kier alpha value is -2.50. The minimum absolute atomic E-state index is 0.0821. The van der Waals surface area contributed by atoms with E-state index in [9.17, 15) is 9.59 Å². The number of aromatic amines is 1. The summed E-state index contributed by atoms with van der Waals surface area (Å²) in [6.45, 7) is 1.46. The number of carbonyl (C=O) groups is 1. The molecule has 1 atom stereocenters. The second-order valence-electron chi connectivity index (χ2n) is 8.12. The van der Waals surface area contributed by atoms with Crippen LogP contribution in [0.1, 0.15) is 63.1 Å². The van der Waals surface area contributed by atoms with Gasteiger partial charge in [0.05, 0.1) is 5.69 Å². The average molecular weight is 380 g/mol. The Morgan fingerprint density at radius 3 is 2.71 bits per heavy atom. The van der Waals surface area contributed by atoms with Crippen molar-refractivity contribution in [2.45, 2.75) is 57.3 Å². The fourth-order valence-corrected chi connectivity index (χ4v) is 4.55. The number of carbonyl (C=O) groups excluding carboxylic acids is 1. The van der Waals surface area contributed by atoms with Crippen molar-refractivity contribution < 1.29 is 4.79 Å². The van der Waals surface area contributed by atoms with Gasteiger partial charge in [-0.25, -0.2) is 4.98 Å². The molecule has 1 aliphatic heterocycles. The molecule has 1 saturated heterocycles. The predicted molar refractivity (Wildman–Crippen MR) is 108 cm³/mol. The summed E-state index contributed by atoms with van der Waals surface area (Å²) in [5.41, 5.74) is 1.38. The van der Waals surface area contributed by atoms with Crippen molar-refractivity contribution in [1.29, 1.82) is 0 Å². The summed E-state index contributed by atoms with van der Waals surface area (Å²) in [4.78, 5) is 38.5. The van der Waals surface area contributed by atoms with Crippen molar-refractivity contribution in [1.82, 2.24) is 19.9 Å². The first kappa shape index (κ1) is 18.8. The molecule has 1 amide bonds. The first-order valence-corrected chi connectivity index (χ1v) is 10.5. The van der Waals surface area contributed by atoms with E-state index in [4.69, 9.17) is 4.98 Å². The Balaban J connectivity index is 1.44. The van der Waals surface area contributed by atoms with Crippen LogP contribution in [0.3, 0.4) is 0 Å². The van der Waals surface area contributed by atoms with Crippen LogP contribution in [0, 0.1) is 5.92 Å². The van der Waals surface area contributed by atoms with E-state index in [1.807, 2.05) is 17.0 Å². The number of hydrogen-bond donors (Lipinski definition) is 1. The van der Waals surface area contributed by atoms with Gasteiger partial charge in [-0.05, 0) is 37.3 Å². The lowest BCUT2D eigenvalue weighted by atomic mass is 9.95. The minimum atomic E-state index is -0.151. The van der Waals surface area contributed by atoms with Gasteiger partial charge in [0.25, 0.3) is 5.56 Å². The normalized spacial score (nSPS) is 20.4. The van der Waals surface area contributed by atoms with Crippen LogP contribution in [0.25, 0.3) is 11.3 Å². The van der Waals surface area contributed by atoms with Gasteiger partial charge < -0.3 is 9.88 Å². The number of rotatable bonds is 5. The predicted octanol–water partition coefficient (Wildman–Crippen LogP) is 3.51. The number of amides is 1. The summed E-state index contributed by atoms with van der Waals surface area (Å²) in [7, 11) is 0. The van der Waals surface area contributed by atoms with Crippen LogP contribution in [0.15, 0.2) is 35.4 Å². The molecule has 0 spiro atoms. The Morgan fingerprint density at radius 1 is 1.14 bits per heavy atom. The summed E-state index contributed by atoms with van der Waals surface area (Å²) in [5, 5.41) is 0. The molecule has 0 aromatic carbocycles. The van der Waals surface area contributed by atoms with E-state index in [0.717, 1.165) is 37.3 Å². The second kappa shape index (κ2) is 8.67. The summed E-state index contributed by atoms with van der Waals surface area (Å²) < 4.78 is 0. The van der Waals surface area contributed by atoms with Crippen LogP contribution >= 0.6 is 0 Å². The highest BCUT2D eigenvalue weighted by atomic mass is 16.2. The van der Waals surface area contributed by atoms with E-state index in [1.165, 1.54) is 31.7 Å². The number of aromatic nitrogens is 3. The van der Waals surface area contributed by atoms with Crippen molar-refractivity contribution in [3.8, 4) is 11.3 Å². The van der Waals surface area contributed by atoms with Crippen LogP contribution in [0.5, 0.6) is 0 Å². The highest BCUT2D eigenvalue weighted by Gasteiger charge is 2.27. The lowest BCUT2D eigenvalue weighted by Crippen LogP contribution is -2.40. The zero-order valence-electron chi connectivity index (χ0n) is 16.3. The van der Waals surface area contributed by atoms with E-state index < -0.39 is 0 Å². The van der Waals surface area contributed by atoms with Gasteiger partial charge in [-0.15, -0.1) is 0 Å². The van der Waals surface area contributed by atoms with Gasteiger partial charge in [0.2, 0.25) is 5.91 Å². The monoisotopic (exact) mass is 380 g/mol. The molecule has 4 rings (SSSR count). The number of pyridine rings is 1. The molecule has 0 bridgehead atoms. The van der Waals surface area contributed by atoms with Crippen LogP contribution in [0.2, 0.25) is 0 Å². The molecule has 2 aliphatic rings. The summed E-state index contributed by atoms with van der Waals surface area (Å²) in [6, 6.07) is 5.22. The SMILES string of the molecule is O=C(CCC1CCCC1)N1CCCC(c2nc(-c3ccncc3)cc(=O)[nH]2)C1. The van der Waals surface area contributed by atoms with Gasteiger partial charge in [0.15, 0.2) is 0 Å². The highest BCUT2D eigenvalue weighted by Crippen LogP contribution is 2.30. The zero-order valence-corrected chi connectivity index (χ0v) is 16.3. The second-order valence-corrected chi connectivity index (χ2v) is 8.12. The number of H-pyrrole nitrogens is 1. The van der Waals surface area contributed by atoms with Crippen LogP contribution in [0.4, 0.5) is 0 Å². The summed E-state index contributed by atoms with van der Waals surface area (Å²) in [5.74, 6) is 1.76. The van der Waals surface area contributed by atoms with Gasteiger partial charge in [-0.2, -0.15) is 0 Å². The first-order valence-electron chi connectivity index (χ1n) is 10.5. The largest absolute Gasteiger partial charge is 0.342 e. The molecule has 1 N–H and O–H groups in total. The molecule has 2 fully saturated rings. The van der Waals surface area contributed by atoms with E-state index >= 15 is 0 Å². The molecule has 1 aliphatic carbocycles. The molecule has 1 unspecified atom stereocenters. The average Bonchev–Trinajstić information content (AvgIpc) is 3.26. The molecule has 6 heteroatoms. The quantitative estimate of drug-likeness (QED) is 0.861. The van der Waals surface area contributed by atoms with E-state index in [2.05, 4.69) is 9.97 Å². The van der Waals surface area contributed by atoms with Gasteiger partial charge in [0.1, 0.15) is 5.82 Å². The van der Waals surface area contributed by atoms with Gasteiger partial charge in [-0.3, -0.25) is 14.6 Å². The Kier molecular flexibility index (Phi) is 5.84. The van der Waals surface area contributed by atoms with E-state index in [0.29, 0.717) is 24.5 Å². The fourth-order valence-electron chi connectivity index (χ4n) is 4.55. The Bertz CT molecular complexity index is 858. The Morgan fingerprint density at radius 2 is 1.93 bits per heavy atom. The molecule has 0 radical (unpaired) electrons. The third-order valence-corrected chi connectivity index (χ3v) is 6.14. The molecule has 28 heavy (non-hydrogen) atoms. The maximum atomic E-state index is 12.7. The van der Waals surface area contributed by atoms with Crippen molar-refractivity contribution in [2.75, 3.05) is 13.1 Å². The van der Waals surface area contributed by atoms with Gasteiger partial charge >= 0.3 is 0 Å². The minimum Gasteiger partial charge on any atom is -0.342 e. The number of piperidine rings is 1. The Labute approximate surface area is 165 Å². The molecule has 6 nitrogen and oxygen atoms in total. The maximum absolute atomic E-state index is 12.7. The summed E-state index contributed by atoms with van der Waals surface area (Å²) >= 11 is 0. The zero-order chi connectivity index (χ0) is 19.3. The number of nitrogens with zero attached hydrogens (tertiary/aromatic N) is 3. The van der Waals surface area contributed by atoms with Crippen molar-refractivity contribution in [3.05, 3.63) is 46.8 Å². The molecule has 3 heterocycles. The number of hydrogen-bond acceptors (Lipinski definition) is 4. The molecule has 2 aromatic rings. The van der Waals surface area contributed by atoms with Gasteiger partial charge in [-0.1, -0.05) is 25.7 Å². The number of likely N-dealkylation sites (tertiary alicyclic amines) is 1.